The predicted molar refractivity (Wildman–Crippen MR) is 39.5 cm³/mol. The van der Waals surface area contributed by atoms with E-state index < -0.39 is 0 Å². The highest BCUT2D eigenvalue weighted by Gasteiger charge is 2.39. The van der Waals surface area contributed by atoms with Crippen molar-refractivity contribution in [2.75, 3.05) is 0 Å². The highest BCUT2D eigenvalue weighted by molar-refractivity contribution is 5.85. The molecular formula is C9H9NO. The van der Waals surface area contributed by atoms with Crippen LogP contribution in [-0.2, 0) is 4.79 Å². The van der Waals surface area contributed by atoms with Crippen molar-refractivity contribution in [2.24, 2.45) is 11.8 Å². The average molecular weight is 147 g/mol. The van der Waals surface area contributed by atoms with Gasteiger partial charge in [0, 0.05) is 23.8 Å². The number of allylic oxidation sites excluding steroid dienone is 2. The molecule has 0 aromatic heterocycles. The molecule has 0 aliphatic heterocycles. The molecule has 0 saturated heterocycles. The van der Waals surface area contributed by atoms with E-state index in [1.165, 1.54) is 0 Å². The number of carbonyl (C=O) groups is 1. The van der Waals surface area contributed by atoms with Gasteiger partial charge >= 0.3 is 0 Å². The van der Waals surface area contributed by atoms with Crippen molar-refractivity contribution in [3.05, 3.63) is 11.6 Å². The summed E-state index contributed by atoms with van der Waals surface area (Å²) in [6.07, 6.45) is 4.33. The van der Waals surface area contributed by atoms with E-state index >= 15 is 0 Å². The first-order chi connectivity index (χ1) is 5.33. The lowest BCUT2D eigenvalue weighted by atomic mass is 9.95. The Labute approximate surface area is 65.5 Å². The van der Waals surface area contributed by atoms with E-state index in [-0.39, 0.29) is 11.8 Å². The minimum absolute atomic E-state index is 0.171. The first kappa shape index (κ1) is 6.60. The van der Waals surface area contributed by atoms with Crippen LogP contribution >= 0.6 is 0 Å². The second kappa shape index (κ2) is 2.20. The Hall–Kier alpha value is -1.10. The standard InChI is InChI=1S/C9H9NO/c10-5-6-1-2-8-7(6)3-4-9(8)11/h1,7-8H,2-4H2. The van der Waals surface area contributed by atoms with Crippen molar-refractivity contribution in [2.45, 2.75) is 19.3 Å². The third-order valence-electron chi connectivity index (χ3n) is 2.72. The lowest BCUT2D eigenvalue weighted by Crippen LogP contribution is -2.09. The number of nitriles is 1. The van der Waals surface area contributed by atoms with Crippen LogP contribution in [0.5, 0.6) is 0 Å². The number of nitrogens with zero attached hydrogens (tertiary/aromatic N) is 1. The third-order valence-corrected chi connectivity index (χ3v) is 2.72. The highest BCUT2D eigenvalue weighted by Crippen LogP contribution is 2.41. The zero-order chi connectivity index (χ0) is 7.84. The summed E-state index contributed by atoms with van der Waals surface area (Å²) < 4.78 is 0. The molecule has 56 valence electrons. The molecule has 1 saturated carbocycles. The van der Waals surface area contributed by atoms with Crippen molar-refractivity contribution >= 4 is 5.78 Å². The second-order valence-electron chi connectivity index (χ2n) is 3.22. The Morgan fingerprint density at radius 1 is 1.55 bits per heavy atom. The van der Waals surface area contributed by atoms with E-state index in [1.54, 1.807) is 0 Å². The van der Waals surface area contributed by atoms with Crippen LogP contribution in [0.3, 0.4) is 0 Å². The molecule has 11 heavy (non-hydrogen) atoms. The normalized spacial score (nSPS) is 34.8. The summed E-state index contributed by atoms with van der Waals surface area (Å²) in [5.41, 5.74) is 0.848. The van der Waals surface area contributed by atoms with Crippen molar-refractivity contribution in [3.8, 4) is 6.07 Å². The monoisotopic (exact) mass is 147 g/mol. The largest absolute Gasteiger partial charge is 0.299 e. The van der Waals surface area contributed by atoms with Gasteiger partial charge in [-0.3, -0.25) is 4.79 Å². The highest BCUT2D eigenvalue weighted by atomic mass is 16.1. The first-order valence-electron chi connectivity index (χ1n) is 3.96. The lowest BCUT2D eigenvalue weighted by molar-refractivity contribution is -0.120. The van der Waals surface area contributed by atoms with Crippen LogP contribution < -0.4 is 0 Å². The molecular weight excluding hydrogens is 138 g/mol. The zero-order valence-corrected chi connectivity index (χ0v) is 6.21. The number of rotatable bonds is 0. The van der Waals surface area contributed by atoms with Gasteiger partial charge in [0.15, 0.2) is 0 Å². The van der Waals surface area contributed by atoms with Crippen LogP contribution in [0.1, 0.15) is 19.3 Å². The van der Waals surface area contributed by atoms with Gasteiger partial charge in [-0.2, -0.15) is 5.26 Å². The van der Waals surface area contributed by atoms with E-state index in [1.807, 2.05) is 6.08 Å². The molecule has 0 aromatic carbocycles. The van der Waals surface area contributed by atoms with E-state index in [0.29, 0.717) is 12.2 Å². The van der Waals surface area contributed by atoms with Gasteiger partial charge in [0.1, 0.15) is 5.78 Å². The second-order valence-corrected chi connectivity index (χ2v) is 3.22. The molecule has 2 atom stereocenters. The predicted octanol–water partition coefficient (Wildman–Crippen LogP) is 1.44. The third kappa shape index (κ3) is 0.808. The fraction of sp³-hybridized carbons (Fsp3) is 0.556. The summed E-state index contributed by atoms with van der Waals surface area (Å²) in [6, 6.07) is 2.16. The smallest absolute Gasteiger partial charge is 0.136 e. The molecule has 2 unspecified atom stereocenters. The van der Waals surface area contributed by atoms with E-state index in [9.17, 15) is 4.79 Å². The molecule has 2 aliphatic carbocycles. The maximum atomic E-state index is 11.2. The van der Waals surface area contributed by atoms with Gasteiger partial charge in [0.25, 0.3) is 0 Å². The molecule has 0 radical (unpaired) electrons. The van der Waals surface area contributed by atoms with Gasteiger partial charge in [-0.15, -0.1) is 0 Å². The zero-order valence-electron chi connectivity index (χ0n) is 6.21. The Morgan fingerprint density at radius 3 is 3.09 bits per heavy atom. The Balaban J connectivity index is 2.25. The van der Waals surface area contributed by atoms with E-state index in [2.05, 4.69) is 6.07 Å². The van der Waals surface area contributed by atoms with Crippen molar-refractivity contribution in [1.29, 1.82) is 5.26 Å². The molecule has 2 nitrogen and oxygen atoms in total. The molecule has 2 rings (SSSR count). The molecule has 0 aromatic rings. The number of hydrogen-bond acceptors (Lipinski definition) is 2. The quantitative estimate of drug-likeness (QED) is 0.520. The maximum absolute atomic E-state index is 11.2. The Bertz CT molecular complexity index is 272. The van der Waals surface area contributed by atoms with Gasteiger partial charge in [0.05, 0.1) is 6.07 Å². The fourth-order valence-corrected chi connectivity index (χ4v) is 2.11. The van der Waals surface area contributed by atoms with Gasteiger partial charge in [-0.1, -0.05) is 6.08 Å². The molecule has 0 N–H and O–H groups in total. The SMILES string of the molecule is N#CC1=CCC2C(=O)CCC12. The summed E-state index contributed by atoms with van der Waals surface area (Å²) in [4.78, 5) is 11.2. The van der Waals surface area contributed by atoms with E-state index in [0.717, 1.165) is 18.4 Å². The van der Waals surface area contributed by atoms with Crippen LogP contribution in [0.15, 0.2) is 11.6 Å². The summed E-state index contributed by atoms with van der Waals surface area (Å²) >= 11 is 0. The van der Waals surface area contributed by atoms with Gasteiger partial charge in [0.2, 0.25) is 0 Å². The minimum atomic E-state index is 0.171. The van der Waals surface area contributed by atoms with Crippen molar-refractivity contribution < 1.29 is 4.79 Å². The lowest BCUT2D eigenvalue weighted by Gasteiger charge is -2.06. The Morgan fingerprint density at radius 2 is 2.36 bits per heavy atom. The molecule has 0 amide bonds. The van der Waals surface area contributed by atoms with Crippen LogP contribution in [0, 0.1) is 23.2 Å². The van der Waals surface area contributed by atoms with Crippen LogP contribution in [0.4, 0.5) is 0 Å². The summed E-state index contributed by atoms with van der Waals surface area (Å²) in [5, 5.41) is 8.67. The van der Waals surface area contributed by atoms with Crippen LogP contribution in [0.2, 0.25) is 0 Å². The topological polar surface area (TPSA) is 40.9 Å². The number of carbonyl (C=O) groups excluding carboxylic acids is 1. The van der Waals surface area contributed by atoms with Crippen LogP contribution in [0.25, 0.3) is 0 Å². The van der Waals surface area contributed by atoms with Gasteiger partial charge < -0.3 is 0 Å². The fourth-order valence-electron chi connectivity index (χ4n) is 2.11. The number of hydrogen-bond donors (Lipinski definition) is 0. The molecule has 2 aliphatic rings. The molecule has 1 fully saturated rings. The first-order valence-corrected chi connectivity index (χ1v) is 3.96. The molecule has 0 heterocycles. The Kier molecular flexibility index (Phi) is 1.32. The van der Waals surface area contributed by atoms with Crippen LogP contribution in [-0.4, -0.2) is 5.78 Å². The van der Waals surface area contributed by atoms with Gasteiger partial charge in [-0.05, 0) is 12.8 Å². The van der Waals surface area contributed by atoms with E-state index in [4.69, 9.17) is 5.26 Å². The summed E-state index contributed by atoms with van der Waals surface area (Å²) in [7, 11) is 0. The van der Waals surface area contributed by atoms with Crippen molar-refractivity contribution in [3.63, 3.8) is 0 Å². The van der Waals surface area contributed by atoms with Crippen molar-refractivity contribution in [1.82, 2.24) is 0 Å². The molecule has 0 bridgehead atoms. The average Bonchev–Trinajstić information content (AvgIpc) is 2.53. The maximum Gasteiger partial charge on any atom is 0.136 e. The summed E-state index contributed by atoms with van der Waals surface area (Å²) in [6.45, 7) is 0. The molecule has 0 spiro atoms. The van der Waals surface area contributed by atoms with Gasteiger partial charge in [-0.25, -0.2) is 0 Å². The summed E-state index contributed by atoms with van der Waals surface area (Å²) in [5.74, 6) is 0.814. The molecule has 2 heteroatoms. The number of fused-ring (bicyclic) bond motifs is 1. The minimum Gasteiger partial charge on any atom is -0.299 e. The number of ketones is 1. The number of Topliss-reactive ketones (excluding diaryl/α,β-unsaturated/α-hetero) is 1.